The van der Waals surface area contributed by atoms with Gasteiger partial charge in [0.25, 0.3) is 0 Å². The van der Waals surface area contributed by atoms with E-state index < -0.39 is 17.6 Å². The van der Waals surface area contributed by atoms with Gasteiger partial charge in [-0.1, -0.05) is 12.1 Å². The van der Waals surface area contributed by atoms with Crippen molar-refractivity contribution in [1.82, 2.24) is 0 Å². The number of hydrogen-bond acceptors (Lipinski definition) is 4. The average Bonchev–Trinajstić information content (AvgIpc) is 2.55. The lowest BCUT2D eigenvalue weighted by molar-refractivity contribution is 0.0600. The van der Waals surface area contributed by atoms with Gasteiger partial charge < -0.3 is 14.2 Å². The summed E-state index contributed by atoms with van der Waals surface area (Å²) in [5, 5.41) is 0. The number of halogens is 2. The molecule has 0 fully saturated rings. The molecule has 0 aromatic heterocycles. The van der Waals surface area contributed by atoms with Gasteiger partial charge in [0, 0.05) is 5.56 Å². The van der Waals surface area contributed by atoms with Gasteiger partial charge in [-0.05, 0) is 24.3 Å². The van der Waals surface area contributed by atoms with Crippen molar-refractivity contribution in [3.63, 3.8) is 0 Å². The molecule has 6 heteroatoms. The highest BCUT2D eigenvalue weighted by atomic mass is 19.2. The van der Waals surface area contributed by atoms with Gasteiger partial charge >= 0.3 is 5.97 Å². The minimum atomic E-state index is -0.951. The van der Waals surface area contributed by atoms with E-state index in [1.165, 1.54) is 44.6 Å². The van der Waals surface area contributed by atoms with Gasteiger partial charge in [-0.25, -0.2) is 13.6 Å². The summed E-state index contributed by atoms with van der Waals surface area (Å²) in [6, 6.07) is 8.30. The number of carbonyl (C=O) groups is 1. The largest absolute Gasteiger partial charge is 0.493 e. The molecule has 0 aliphatic heterocycles. The van der Waals surface area contributed by atoms with Gasteiger partial charge in [0.1, 0.15) is 6.61 Å². The van der Waals surface area contributed by atoms with E-state index in [1.807, 2.05) is 0 Å². The zero-order chi connectivity index (χ0) is 16.1. The molecule has 0 radical (unpaired) electrons. The number of esters is 1. The normalized spacial score (nSPS) is 10.2. The van der Waals surface area contributed by atoms with E-state index in [2.05, 4.69) is 4.74 Å². The molecule has 0 aliphatic carbocycles. The van der Waals surface area contributed by atoms with Crippen LogP contribution < -0.4 is 9.47 Å². The van der Waals surface area contributed by atoms with E-state index in [0.717, 1.165) is 6.07 Å². The topological polar surface area (TPSA) is 44.8 Å². The molecule has 0 amide bonds. The molecular weight excluding hydrogens is 294 g/mol. The lowest BCUT2D eigenvalue weighted by Gasteiger charge is -2.12. The van der Waals surface area contributed by atoms with E-state index in [9.17, 15) is 13.6 Å². The van der Waals surface area contributed by atoms with E-state index in [-0.39, 0.29) is 12.2 Å². The predicted molar refractivity (Wildman–Crippen MR) is 75.0 cm³/mol. The Kier molecular flexibility index (Phi) is 4.93. The lowest BCUT2D eigenvalue weighted by atomic mass is 10.2. The highest BCUT2D eigenvalue weighted by Crippen LogP contribution is 2.29. The molecule has 2 aromatic carbocycles. The maximum Gasteiger partial charge on any atom is 0.337 e. The maximum atomic E-state index is 13.6. The fourth-order valence-corrected chi connectivity index (χ4v) is 1.85. The minimum absolute atomic E-state index is 0.0825. The molecule has 0 atom stereocenters. The third kappa shape index (κ3) is 3.33. The van der Waals surface area contributed by atoms with Crippen molar-refractivity contribution in [2.75, 3.05) is 14.2 Å². The maximum absolute atomic E-state index is 13.6. The first-order chi connectivity index (χ1) is 10.6. The van der Waals surface area contributed by atoms with Gasteiger partial charge in [-0.3, -0.25) is 0 Å². The molecule has 0 aliphatic rings. The SMILES string of the molecule is COC(=O)c1ccc(OCc2cccc(F)c2F)c(OC)c1. The van der Waals surface area contributed by atoms with Gasteiger partial charge in [0.05, 0.1) is 19.8 Å². The Hall–Kier alpha value is -2.63. The third-order valence-corrected chi connectivity index (χ3v) is 3.00. The summed E-state index contributed by atoms with van der Waals surface area (Å²) >= 11 is 0. The van der Waals surface area contributed by atoms with Crippen molar-refractivity contribution >= 4 is 5.97 Å². The van der Waals surface area contributed by atoms with Crippen LogP contribution in [0.2, 0.25) is 0 Å². The molecule has 116 valence electrons. The molecule has 4 nitrogen and oxygen atoms in total. The van der Waals surface area contributed by atoms with Crippen LogP contribution in [-0.4, -0.2) is 20.2 Å². The molecule has 0 saturated carbocycles. The molecule has 0 saturated heterocycles. The molecule has 0 unspecified atom stereocenters. The van der Waals surface area contributed by atoms with Crippen molar-refractivity contribution < 1.29 is 27.8 Å². The van der Waals surface area contributed by atoms with Crippen LogP contribution in [0.3, 0.4) is 0 Å². The molecule has 22 heavy (non-hydrogen) atoms. The lowest BCUT2D eigenvalue weighted by Crippen LogP contribution is -2.04. The molecular formula is C16H14F2O4. The standard InChI is InChI=1S/C16H14F2O4/c1-20-14-8-10(16(19)21-2)6-7-13(14)22-9-11-4-3-5-12(17)15(11)18/h3-8H,9H2,1-2H3. The minimum Gasteiger partial charge on any atom is -0.493 e. The summed E-state index contributed by atoms with van der Waals surface area (Å²) in [6.07, 6.45) is 0. The molecule has 2 aromatic rings. The monoisotopic (exact) mass is 308 g/mol. The first-order valence-electron chi connectivity index (χ1n) is 6.39. The molecule has 0 spiro atoms. The number of methoxy groups -OCH3 is 2. The van der Waals surface area contributed by atoms with Crippen LogP contribution in [-0.2, 0) is 11.3 Å². The molecule has 0 N–H and O–H groups in total. The summed E-state index contributed by atoms with van der Waals surface area (Å²) in [7, 11) is 2.68. The summed E-state index contributed by atoms with van der Waals surface area (Å²) < 4.78 is 41.8. The van der Waals surface area contributed by atoms with E-state index in [0.29, 0.717) is 17.1 Å². The van der Waals surface area contributed by atoms with Crippen LogP contribution in [0.15, 0.2) is 36.4 Å². The summed E-state index contributed by atoms with van der Waals surface area (Å²) in [6.45, 7) is -0.169. The zero-order valence-electron chi connectivity index (χ0n) is 12.1. The molecule has 2 rings (SSSR count). The van der Waals surface area contributed by atoms with Gasteiger partial charge in [-0.2, -0.15) is 0 Å². The number of carbonyl (C=O) groups excluding carboxylic acids is 1. The first-order valence-corrected chi connectivity index (χ1v) is 6.39. The van der Waals surface area contributed by atoms with Crippen LogP contribution in [0.4, 0.5) is 8.78 Å². The van der Waals surface area contributed by atoms with Gasteiger partial charge in [0.15, 0.2) is 23.1 Å². The van der Waals surface area contributed by atoms with E-state index >= 15 is 0 Å². The quantitative estimate of drug-likeness (QED) is 0.795. The van der Waals surface area contributed by atoms with Crippen LogP contribution >= 0.6 is 0 Å². The summed E-state index contributed by atoms with van der Waals surface area (Å²) in [4.78, 5) is 11.4. The van der Waals surface area contributed by atoms with Crippen LogP contribution in [0, 0.1) is 11.6 Å². The molecule has 0 heterocycles. The number of hydrogen-bond donors (Lipinski definition) is 0. The Morgan fingerprint density at radius 2 is 1.86 bits per heavy atom. The van der Waals surface area contributed by atoms with Crippen molar-refractivity contribution in [2.45, 2.75) is 6.61 Å². The van der Waals surface area contributed by atoms with Crippen molar-refractivity contribution in [2.24, 2.45) is 0 Å². The van der Waals surface area contributed by atoms with Crippen LogP contribution in [0.5, 0.6) is 11.5 Å². The van der Waals surface area contributed by atoms with Crippen molar-refractivity contribution in [3.8, 4) is 11.5 Å². The highest BCUT2D eigenvalue weighted by Gasteiger charge is 2.13. The second-order valence-corrected chi connectivity index (χ2v) is 4.36. The van der Waals surface area contributed by atoms with Gasteiger partial charge in [-0.15, -0.1) is 0 Å². The van der Waals surface area contributed by atoms with Crippen LogP contribution in [0.25, 0.3) is 0 Å². The summed E-state index contributed by atoms with van der Waals surface area (Å²) in [5.74, 6) is -1.80. The van der Waals surface area contributed by atoms with E-state index in [1.54, 1.807) is 0 Å². The fourth-order valence-electron chi connectivity index (χ4n) is 1.85. The number of ether oxygens (including phenoxy) is 3. The Morgan fingerprint density at radius 3 is 2.55 bits per heavy atom. The Labute approximate surface area is 126 Å². The van der Waals surface area contributed by atoms with E-state index in [4.69, 9.17) is 9.47 Å². The van der Waals surface area contributed by atoms with Crippen molar-refractivity contribution in [3.05, 3.63) is 59.2 Å². The Balaban J connectivity index is 2.19. The summed E-state index contributed by atoms with van der Waals surface area (Å²) in [5.41, 5.74) is 0.378. The Bertz CT molecular complexity index is 686. The predicted octanol–water partition coefficient (Wildman–Crippen LogP) is 3.34. The second kappa shape index (κ2) is 6.89. The second-order valence-electron chi connectivity index (χ2n) is 4.36. The van der Waals surface area contributed by atoms with Crippen molar-refractivity contribution in [1.29, 1.82) is 0 Å². The van der Waals surface area contributed by atoms with Crippen LogP contribution in [0.1, 0.15) is 15.9 Å². The Morgan fingerprint density at radius 1 is 1.09 bits per heavy atom. The smallest absolute Gasteiger partial charge is 0.337 e. The highest BCUT2D eigenvalue weighted by molar-refractivity contribution is 5.90. The number of benzene rings is 2. The zero-order valence-corrected chi connectivity index (χ0v) is 12.1. The third-order valence-electron chi connectivity index (χ3n) is 3.00. The first kappa shape index (κ1) is 15.8. The average molecular weight is 308 g/mol. The number of rotatable bonds is 5. The fraction of sp³-hybridized carbons (Fsp3) is 0.188. The van der Waals surface area contributed by atoms with Gasteiger partial charge in [0.2, 0.25) is 0 Å². The molecule has 0 bridgehead atoms.